The number of nitrogens with two attached hydrogens (primary N) is 1. The Morgan fingerprint density at radius 3 is 2.82 bits per heavy atom. The van der Waals surface area contributed by atoms with Crippen molar-refractivity contribution < 1.29 is 0 Å². The summed E-state index contributed by atoms with van der Waals surface area (Å²) in [4.78, 5) is 18.0. The Bertz CT molecular complexity index is 388. The van der Waals surface area contributed by atoms with Gasteiger partial charge in [-0.3, -0.25) is 4.79 Å². The maximum atomic E-state index is 12.0. The molecule has 96 valence electrons. The first-order valence-corrected chi connectivity index (χ1v) is 6.17. The lowest BCUT2D eigenvalue weighted by Gasteiger charge is -2.17. The molecular weight excluding hydrogens is 216 g/mol. The van der Waals surface area contributed by atoms with Gasteiger partial charge >= 0.3 is 0 Å². The molecule has 0 fully saturated rings. The lowest BCUT2D eigenvalue weighted by molar-refractivity contribution is 0.664. The third kappa shape index (κ3) is 3.85. The monoisotopic (exact) mass is 238 g/mol. The SMILES string of the molecule is CCn1ccnc(N(C)CCCCCN)c1=O. The first kappa shape index (κ1) is 13.7. The molecule has 0 radical (unpaired) electrons. The van der Waals surface area contributed by atoms with Crippen LogP contribution in [0.15, 0.2) is 17.2 Å². The minimum Gasteiger partial charge on any atom is -0.355 e. The molecule has 0 aliphatic rings. The van der Waals surface area contributed by atoms with Crippen LogP contribution in [0.2, 0.25) is 0 Å². The molecule has 1 heterocycles. The van der Waals surface area contributed by atoms with Crippen molar-refractivity contribution >= 4 is 5.82 Å². The Kier molecular flexibility index (Phi) is 5.69. The summed E-state index contributed by atoms with van der Waals surface area (Å²) in [6, 6.07) is 0. The van der Waals surface area contributed by atoms with E-state index in [2.05, 4.69) is 4.98 Å². The van der Waals surface area contributed by atoms with E-state index in [4.69, 9.17) is 5.73 Å². The van der Waals surface area contributed by atoms with Gasteiger partial charge in [-0.2, -0.15) is 0 Å². The fourth-order valence-electron chi connectivity index (χ4n) is 1.72. The van der Waals surface area contributed by atoms with Crippen LogP contribution < -0.4 is 16.2 Å². The van der Waals surface area contributed by atoms with E-state index in [0.717, 1.165) is 32.4 Å². The number of hydrogen-bond donors (Lipinski definition) is 1. The second-order valence-corrected chi connectivity index (χ2v) is 4.11. The van der Waals surface area contributed by atoms with Gasteiger partial charge in [0.05, 0.1) is 0 Å². The molecule has 0 unspecified atom stereocenters. The summed E-state index contributed by atoms with van der Waals surface area (Å²) in [5.41, 5.74) is 5.42. The number of aryl methyl sites for hydroxylation is 1. The Balaban J connectivity index is 2.62. The number of aromatic nitrogens is 2. The van der Waals surface area contributed by atoms with Gasteiger partial charge in [0.25, 0.3) is 5.56 Å². The molecule has 0 aliphatic carbocycles. The predicted molar refractivity (Wildman–Crippen MR) is 70.3 cm³/mol. The molecular formula is C12H22N4O. The lowest BCUT2D eigenvalue weighted by Crippen LogP contribution is -2.31. The molecule has 5 heteroatoms. The zero-order valence-corrected chi connectivity index (χ0v) is 10.7. The normalized spacial score (nSPS) is 10.5. The minimum atomic E-state index is -0.0173. The van der Waals surface area contributed by atoms with Gasteiger partial charge in [-0.25, -0.2) is 4.98 Å². The van der Waals surface area contributed by atoms with Crippen LogP contribution in [0.5, 0.6) is 0 Å². The van der Waals surface area contributed by atoms with E-state index in [1.54, 1.807) is 17.0 Å². The first-order valence-electron chi connectivity index (χ1n) is 6.17. The maximum absolute atomic E-state index is 12.0. The summed E-state index contributed by atoms with van der Waals surface area (Å²) in [6.07, 6.45) is 6.56. The topological polar surface area (TPSA) is 64.2 Å². The van der Waals surface area contributed by atoms with Gasteiger partial charge in [-0.05, 0) is 26.3 Å². The average molecular weight is 238 g/mol. The van der Waals surface area contributed by atoms with Gasteiger partial charge in [0.2, 0.25) is 0 Å². The summed E-state index contributed by atoms with van der Waals surface area (Å²) in [6.45, 7) is 4.20. The predicted octanol–water partition coefficient (Wildman–Crippen LogP) is 0.828. The first-order chi connectivity index (χ1) is 8.20. The number of rotatable bonds is 7. The molecule has 1 aromatic rings. The highest BCUT2D eigenvalue weighted by Gasteiger charge is 2.08. The van der Waals surface area contributed by atoms with Gasteiger partial charge in [0.15, 0.2) is 5.82 Å². The van der Waals surface area contributed by atoms with Crippen LogP contribution in [-0.2, 0) is 6.54 Å². The van der Waals surface area contributed by atoms with E-state index in [9.17, 15) is 4.79 Å². The third-order valence-electron chi connectivity index (χ3n) is 2.80. The van der Waals surface area contributed by atoms with Crippen molar-refractivity contribution in [1.82, 2.24) is 9.55 Å². The van der Waals surface area contributed by atoms with Crippen molar-refractivity contribution in [3.63, 3.8) is 0 Å². The Morgan fingerprint density at radius 1 is 1.41 bits per heavy atom. The van der Waals surface area contributed by atoms with Crippen LogP contribution in [0.25, 0.3) is 0 Å². The van der Waals surface area contributed by atoms with Gasteiger partial charge in [-0.1, -0.05) is 6.42 Å². The lowest BCUT2D eigenvalue weighted by atomic mass is 10.2. The van der Waals surface area contributed by atoms with Crippen molar-refractivity contribution in [2.75, 3.05) is 25.0 Å². The summed E-state index contributed by atoms with van der Waals surface area (Å²) in [7, 11) is 1.91. The molecule has 0 bridgehead atoms. The molecule has 0 amide bonds. The molecule has 0 spiro atoms. The van der Waals surface area contributed by atoms with Crippen molar-refractivity contribution in [3.05, 3.63) is 22.7 Å². The highest BCUT2D eigenvalue weighted by molar-refractivity contribution is 5.33. The minimum absolute atomic E-state index is 0.0173. The number of unbranched alkanes of at least 4 members (excludes halogenated alkanes) is 2. The molecule has 0 aromatic carbocycles. The molecule has 17 heavy (non-hydrogen) atoms. The Labute approximate surface area is 102 Å². The fourth-order valence-corrected chi connectivity index (χ4v) is 1.72. The van der Waals surface area contributed by atoms with Crippen molar-refractivity contribution in [2.45, 2.75) is 32.7 Å². The quantitative estimate of drug-likeness (QED) is 0.715. The van der Waals surface area contributed by atoms with Crippen molar-refractivity contribution in [2.24, 2.45) is 5.73 Å². The van der Waals surface area contributed by atoms with E-state index in [1.165, 1.54) is 0 Å². The second-order valence-electron chi connectivity index (χ2n) is 4.11. The average Bonchev–Trinajstić information content (AvgIpc) is 2.34. The van der Waals surface area contributed by atoms with Crippen LogP contribution in [0.1, 0.15) is 26.2 Å². The van der Waals surface area contributed by atoms with Crippen molar-refractivity contribution in [3.8, 4) is 0 Å². The van der Waals surface area contributed by atoms with Crippen LogP contribution in [0.3, 0.4) is 0 Å². The molecule has 1 aromatic heterocycles. The number of anilines is 1. The summed E-state index contributed by atoms with van der Waals surface area (Å²) >= 11 is 0. The largest absolute Gasteiger partial charge is 0.355 e. The van der Waals surface area contributed by atoms with Gasteiger partial charge in [-0.15, -0.1) is 0 Å². The highest BCUT2D eigenvalue weighted by atomic mass is 16.1. The van der Waals surface area contributed by atoms with Crippen LogP contribution in [-0.4, -0.2) is 29.7 Å². The smallest absolute Gasteiger partial charge is 0.293 e. The van der Waals surface area contributed by atoms with Crippen LogP contribution >= 0.6 is 0 Å². The van der Waals surface area contributed by atoms with E-state index in [-0.39, 0.29) is 5.56 Å². The molecule has 0 saturated carbocycles. The number of hydrogen-bond acceptors (Lipinski definition) is 4. The summed E-state index contributed by atoms with van der Waals surface area (Å²) in [5, 5.41) is 0. The Hall–Kier alpha value is -1.36. The Morgan fingerprint density at radius 2 is 2.18 bits per heavy atom. The highest BCUT2D eigenvalue weighted by Crippen LogP contribution is 2.03. The van der Waals surface area contributed by atoms with Crippen LogP contribution in [0, 0.1) is 0 Å². The fraction of sp³-hybridized carbons (Fsp3) is 0.667. The van der Waals surface area contributed by atoms with E-state index < -0.39 is 0 Å². The number of nitrogens with zero attached hydrogens (tertiary/aromatic N) is 3. The van der Waals surface area contributed by atoms with E-state index in [0.29, 0.717) is 12.4 Å². The molecule has 1 rings (SSSR count). The zero-order chi connectivity index (χ0) is 12.7. The van der Waals surface area contributed by atoms with Crippen LogP contribution in [0.4, 0.5) is 5.82 Å². The van der Waals surface area contributed by atoms with Gasteiger partial charge < -0.3 is 15.2 Å². The molecule has 5 nitrogen and oxygen atoms in total. The summed E-state index contributed by atoms with van der Waals surface area (Å²) < 4.78 is 1.67. The molecule has 0 aliphatic heterocycles. The zero-order valence-electron chi connectivity index (χ0n) is 10.7. The second kappa shape index (κ2) is 7.06. The van der Waals surface area contributed by atoms with E-state index >= 15 is 0 Å². The van der Waals surface area contributed by atoms with E-state index in [1.807, 2.05) is 18.9 Å². The maximum Gasteiger partial charge on any atom is 0.293 e. The van der Waals surface area contributed by atoms with Gasteiger partial charge in [0.1, 0.15) is 0 Å². The molecule has 0 atom stereocenters. The molecule has 2 N–H and O–H groups in total. The van der Waals surface area contributed by atoms with Crippen molar-refractivity contribution in [1.29, 1.82) is 0 Å². The standard InChI is InChI=1S/C12H22N4O/c1-3-16-10-8-14-11(12(16)17)15(2)9-6-4-5-7-13/h8,10H,3-7,9,13H2,1-2H3. The molecule has 0 saturated heterocycles. The third-order valence-corrected chi connectivity index (χ3v) is 2.80. The summed E-state index contributed by atoms with van der Waals surface area (Å²) in [5.74, 6) is 0.530. The van der Waals surface area contributed by atoms with Gasteiger partial charge in [0, 0.05) is 32.5 Å².